The van der Waals surface area contributed by atoms with E-state index in [2.05, 4.69) is 15.3 Å². The van der Waals surface area contributed by atoms with E-state index < -0.39 is 9.84 Å². The highest BCUT2D eigenvalue weighted by Crippen LogP contribution is 2.41. The Balaban J connectivity index is 1.64. The summed E-state index contributed by atoms with van der Waals surface area (Å²) in [4.78, 5) is 14.7. The molecule has 0 spiro atoms. The normalized spacial score (nSPS) is 25.1. The van der Waals surface area contributed by atoms with Gasteiger partial charge in [0.2, 0.25) is 0 Å². The number of carbonyl (C=O) groups excluding carboxylic acids is 1. The maximum Gasteiger partial charge on any atom is 0.255 e. The molecule has 2 aliphatic rings. The van der Waals surface area contributed by atoms with Crippen LogP contribution in [-0.4, -0.2) is 66.7 Å². The first kappa shape index (κ1) is 17.4. The third-order valence-corrected chi connectivity index (χ3v) is 6.17. The van der Waals surface area contributed by atoms with Crippen molar-refractivity contribution in [3.8, 4) is 0 Å². The lowest BCUT2D eigenvalue weighted by atomic mass is 9.98. The van der Waals surface area contributed by atoms with Crippen LogP contribution in [0.1, 0.15) is 28.9 Å². The summed E-state index contributed by atoms with van der Waals surface area (Å²) < 4.78 is 24.5. The third kappa shape index (κ3) is 3.97. The quantitative estimate of drug-likeness (QED) is 0.790. The number of sulfone groups is 1. The van der Waals surface area contributed by atoms with Crippen molar-refractivity contribution in [1.29, 1.82) is 0 Å². The first-order valence-corrected chi connectivity index (χ1v) is 10.5. The zero-order valence-corrected chi connectivity index (χ0v) is 15.3. The van der Waals surface area contributed by atoms with Gasteiger partial charge in [0.1, 0.15) is 9.84 Å². The van der Waals surface area contributed by atoms with Crippen LogP contribution in [0.5, 0.6) is 0 Å². The first-order chi connectivity index (χ1) is 11.2. The molecule has 134 valence electrons. The maximum atomic E-state index is 12.6. The van der Waals surface area contributed by atoms with Crippen LogP contribution in [0.25, 0.3) is 0 Å². The van der Waals surface area contributed by atoms with Crippen LogP contribution < -0.4 is 5.32 Å². The van der Waals surface area contributed by atoms with Crippen LogP contribution in [0.3, 0.4) is 0 Å². The van der Waals surface area contributed by atoms with Crippen LogP contribution in [-0.2, 0) is 16.9 Å². The Morgan fingerprint density at radius 1 is 1.38 bits per heavy atom. The van der Waals surface area contributed by atoms with Crippen LogP contribution >= 0.6 is 0 Å². The summed E-state index contributed by atoms with van der Waals surface area (Å²) in [6.45, 7) is 4.02. The average Bonchev–Trinajstić information content (AvgIpc) is 3.18. The van der Waals surface area contributed by atoms with Crippen molar-refractivity contribution in [1.82, 2.24) is 20.0 Å². The number of likely N-dealkylation sites (tertiary alicyclic amines) is 1. The predicted molar refractivity (Wildman–Crippen MR) is 91.6 cm³/mol. The van der Waals surface area contributed by atoms with E-state index in [-0.39, 0.29) is 17.7 Å². The summed E-state index contributed by atoms with van der Waals surface area (Å²) in [7, 11) is -1.14. The predicted octanol–water partition coefficient (Wildman–Crippen LogP) is 0.213. The molecule has 1 aromatic heterocycles. The number of nitrogens with one attached hydrogen (secondary N) is 1. The highest BCUT2D eigenvalue weighted by molar-refractivity contribution is 7.90. The van der Waals surface area contributed by atoms with E-state index in [4.69, 9.17) is 0 Å². The van der Waals surface area contributed by atoms with Gasteiger partial charge in [-0.3, -0.25) is 14.4 Å². The highest BCUT2D eigenvalue weighted by atomic mass is 32.2. The van der Waals surface area contributed by atoms with Crippen molar-refractivity contribution >= 4 is 15.7 Å². The molecule has 1 saturated carbocycles. The molecule has 1 saturated heterocycles. The fourth-order valence-electron chi connectivity index (χ4n) is 3.51. The molecule has 8 heteroatoms. The minimum absolute atomic E-state index is 0.0822. The van der Waals surface area contributed by atoms with Crippen LogP contribution in [0.4, 0.5) is 0 Å². The molecule has 1 aliphatic heterocycles. The lowest BCUT2D eigenvalue weighted by Crippen LogP contribution is -2.41. The van der Waals surface area contributed by atoms with Crippen LogP contribution in [0, 0.1) is 18.8 Å². The largest absolute Gasteiger partial charge is 0.348 e. The van der Waals surface area contributed by atoms with Crippen LogP contribution in [0.2, 0.25) is 0 Å². The molecule has 2 atom stereocenters. The Bertz CT molecular complexity index is 724. The Morgan fingerprint density at radius 3 is 2.62 bits per heavy atom. The van der Waals surface area contributed by atoms with Gasteiger partial charge in [-0.1, -0.05) is 0 Å². The van der Waals surface area contributed by atoms with Gasteiger partial charge >= 0.3 is 0 Å². The number of rotatable bonds is 6. The minimum Gasteiger partial charge on any atom is -0.348 e. The third-order valence-electron chi connectivity index (χ3n) is 5.24. The molecule has 0 unspecified atom stereocenters. The molecule has 0 bridgehead atoms. The van der Waals surface area contributed by atoms with Crippen molar-refractivity contribution in [3.05, 3.63) is 17.5 Å². The molecule has 2 fully saturated rings. The SMILES string of the molecule is Cc1c(C(=O)N[C@H]2CN(CCS(C)(=O)=O)C[C@@H]2C2CC2)cnn1C. The summed E-state index contributed by atoms with van der Waals surface area (Å²) >= 11 is 0. The van der Waals surface area contributed by atoms with E-state index in [1.807, 2.05) is 14.0 Å². The molecular weight excluding hydrogens is 328 g/mol. The molecular formula is C16H26N4O3S. The summed E-state index contributed by atoms with van der Waals surface area (Å²) in [5, 5.41) is 7.29. The van der Waals surface area contributed by atoms with Crippen molar-refractivity contribution < 1.29 is 13.2 Å². The monoisotopic (exact) mass is 354 g/mol. The average molecular weight is 354 g/mol. The number of hydrogen-bond acceptors (Lipinski definition) is 5. The number of nitrogens with zero attached hydrogens (tertiary/aromatic N) is 3. The number of amides is 1. The molecule has 1 N–H and O–H groups in total. The molecule has 1 amide bonds. The van der Waals surface area contributed by atoms with E-state index in [0.29, 0.717) is 23.9 Å². The Hall–Kier alpha value is -1.41. The molecule has 1 aromatic rings. The van der Waals surface area contributed by atoms with Gasteiger partial charge in [-0.05, 0) is 31.6 Å². The lowest BCUT2D eigenvalue weighted by Gasteiger charge is -2.19. The van der Waals surface area contributed by atoms with E-state index in [1.165, 1.54) is 19.1 Å². The molecule has 1 aliphatic carbocycles. The van der Waals surface area contributed by atoms with E-state index in [9.17, 15) is 13.2 Å². The van der Waals surface area contributed by atoms with Gasteiger partial charge < -0.3 is 5.32 Å². The summed E-state index contributed by atoms with van der Waals surface area (Å²) in [6, 6.07) is 0.0872. The fourth-order valence-corrected chi connectivity index (χ4v) is 4.10. The topological polar surface area (TPSA) is 84.3 Å². The molecule has 0 radical (unpaired) electrons. The maximum absolute atomic E-state index is 12.6. The zero-order valence-electron chi connectivity index (χ0n) is 14.5. The van der Waals surface area contributed by atoms with Crippen molar-refractivity contribution in [2.24, 2.45) is 18.9 Å². The van der Waals surface area contributed by atoms with Crippen molar-refractivity contribution in [3.63, 3.8) is 0 Å². The molecule has 24 heavy (non-hydrogen) atoms. The van der Waals surface area contributed by atoms with Gasteiger partial charge in [0.15, 0.2) is 0 Å². The second-order valence-corrected chi connectivity index (χ2v) is 9.50. The van der Waals surface area contributed by atoms with Gasteiger partial charge in [0.05, 0.1) is 17.5 Å². The first-order valence-electron chi connectivity index (χ1n) is 8.44. The second-order valence-electron chi connectivity index (χ2n) is 7.24. The Labute approximate surface area is 143 Å². The number of hydrogen-bond donors (Lipinski definition) is 1. The standard InChI is InChI=1S/C16H26N4O3S/c1-11-13(8-17-19(11)2)16(21)18-15-10-20(6-7-24(3,22)23)9-14(15)12-4-5-12/h8,12,14-15H,4-7,9-10H2,1-3H3,(H,18,21)/t14-,15+/m1/s1. The number of aromatic nitrogens is 2. The van der Waals surface area contributed by atoms with Gasteiger partial charge in [-0.15, -0.1) is 0 Å². The zero-order chi connectivity index (χ0) is 17.5. The number of aryl methyl sites for hydroxylation is 1. The second kappa shape index (κ2) is 6.48. The Kier molecular flexibility index (Phi) is 4.70. The van der Waals surface area contributed by atoms with Gasteiger partial charge in [-0.25, -0.2) is 8.42 Å². The molecule has 2 heterocycles. The minimum atomic E-state index is -2.96. The summed E-state index contributed by atoms with van der Waals surface area (Å²) in [5.41, 5.74) is 1.46. The van der Waals surface area contributed by atoms with Gasteiger partial charge in [0, 0.05) is 44.7 Å². The Morgan fingerprint density at radius 2 is 2.08 bits per heavy atom. The smallest absolute Gasteiger partial charge is 0.255 e. The van der Waals surface area contributed by atoms with Crippen molar-refractivity contribution in [2.75, 3.05) is 31.6 Å². The molecule has 7 nitrogen and oxygen atoms in total. The van der Waals surface area contributed by atoms with Crippen LogP contribution in [0.15, 0.2) is 6.20 Å². The van der Waals surface area contributed by atoms with E-state index >= 15 is 0 Å². The summed E-state index contributed by atoms with van der Waals surface area (Å²) in [5.74, 6) is 1.17. The van der Waals surface area contributed by atoms with E-state index in [0.717, 1.165) is 18.8 Å². The molecule has 3 rings (SSSR count). The van der Waals surface area contributed by atoms with Crippen molar-refractivity contribution in [2.45, 2.75) is 25.8 Å². The highest BCUT2D eigenvalue weighted by Gasteiger charge is 2.43. The van der Waals surface area contributed by atoms with E-state index in [1.54, 1.807) is 10.9 Å². The lowest BCUT2D eigenvalue weighted by molar-refractivity contribution is 0.0927. The number of carbonyl (C=O) groups is 1. The summed E-state index contributed by atoms with van der Waals surface area (Å²) in [6.07, 6.45) is 5.30. The fraction of sp³-hybridized carbons (Fsp3) is 0.750. The molecule has 0 aromatic carbocycles. The van der Waals surface area contributed by atoms with Gasteiger partial charge in [0.25, 0.3) is 5.91 Å². The van der Waals surface area contributed by atoms with Gasteiger partial charge in [-0.2, -0.15) is 5.10 Å².